The fourth-order valence-electron chi connectivity index (χ4n) is 2.21. The average Bonchev–Trinajstić information content (AvgIpc) is 2.60. The summed E-state index contributed by atoms with van der Waals surface area (Å²) in [4.78, 5) is 0. The van der Waals surface area contributed by atoms with Gasteiger partial charge in [-0.15, -0.1) is 0 Å². The van der Waals surface area contributed by atoms with Gasteiger partial charge >= 0.3 is 0 Å². The number of benzene rings is 1. The van der Waals surface area contributed by atoms with Gasteiger partial charge in [-0.3, -0.25) is 0 Å². The summed E-state index contributed by atoms with van der Waals surface area (Å²) >= 11 is 0. The van der Waals surface area contributed by atoms with Crippen LogP contribution >= 0.6 is 0 Å². The monoisotopic (exact) mass is 212 g/mol. The lowest BCUT2D eigenvalue weighted by atomic mass is 9.80. The van der Waals surface area contributed by atoms with Gasteiger partial charge in [-0.05, 0) is 25.1 Å². The molecule has 2 nitrogen and oxygen atoms in total. The van der Waals surface area contributed by atoms with Crippen molar-refractivity contribution in [3.05, 3.63) is 29.3 Å². The van der Waals surface area contributed by atoms with E-state index in [-0.39, 0.29) is 0 Å². The fraction of sp³-hybridized carbons (Fsp3) is 0.455. The molecule has 2 rings (SSSR count). The van der Waals surface area contributed by atoms with E-state index in [9.17, 15) is 8.78 Å². The van der Waals surface area contributed by atoms with Gasteiger partial charge in [-0.25, -0.2) is 8.78 Å². The summed E-state index contributed by atoms with van der Waals surface area (Å²) in [6.45, 7) is 3.35. The molecule has 1 atom stereocenters. The van der Waals surface area contributed by atoms with Crippen molar-refractivity contribution in [2.24, 2.45) is 0 Å². The van der Waals surface area contributed by atoms with Crippen LogP contribution in [0.5, 0.6) is 0 Å². The van der Waals surface area contributed by atoms with Crippen molar-refractivity contribution in [2.45, 2.75) is 18.8 Å². The van der Waals surface area contributed by atoms with Crippen molar-refractivity contribution in [1.29, 1.82) is 0 Å². The Morgan fingerprint density at radius 3 is 2.73 bits per heavy atom. The Hall–Kier alpha value is -1.16. The zero-order chi connectivity index (χ0) is 11.1. The molecule has 0 aromatic heterocycles. The summed E-state index contributed by atoms with van der Waals surface area (Å²) in [5.41, 5.74) is 5.97. The summed E-state index contributed by atoms with van der Waals surface area (Å²) in [5, 5.41) is 3.14. The van der Waals surface area contributed by atoms with Crippen molar-refractivity contribution >= 4 is 5.69 Å². The molecule has 1 heterocycles. The largest absolute Gasteiger partial charge is 0.398 e. The SMILES string of the molecule is CC1(c2c(N)ccc(F)c2F)CCNC1. The third kappa shape index (κ3) is 1.59. The first-order valence-electron chi connectivity index (χ1n) is 4.99. The highest BCUT2D eigenvalue weighted by atomic mass is 19.2. The first kappa shape index (κ1) is 10.4. The molecule has 0 aliphatic carbocycles. The van der Waals surface area contributed by atoms with E-state index in [1.807, 2.05) is 6.92 Å². The van der Waals surface area contributed by atoms with E-state index in [0.717, 1.165) is 19.0 Å². The predicted octanol–water partition coefficient (Wildman–Crippen LogP) is 1.80. The molecule has 1 aromatic rings. The molecule has 0 spiro atoms. The Bertz CT molecular complexity index is 384. The standard InChI is InChI=1S/C11H14F2N2/c1-11(4-5-15-6-11)9-8(14)3-2-7(12)10(9)13/h2-3,15H,4-6,14H2,1H3. The molecular weight excluding hydrogens is 198 g/mol. The highest BCUT2D eigenvalue weighted by Gasteiger charge is 2.35. The molecule has 0 amide bonds. The third-order valence-electron chi connectivity index (χ3n) is 3.10. The summed E-state index contributed by atoms with van der Waals surface area (Å²) < 4.78 is 26.8. The average molecular weight is 212 g/mol. The molecule has 3 N–H and O–H groups in total. The van der Waals surface area contributed by atoms with Gasteiger partial charge in [-0.1, -0.05) is 6.92 Å². The maximum atomic E-state index is 13.7. The van der Waals surface area contributed by atoms with Crippen LogP contribution in [0.15, 0.2) is 12.1 Å². The van der Waals surface area contributed by atoms with Crippen LogP contribution in [0, 0.1) is 11.6 Å². The van der Waals surface area contributed by atoms with Crippen molar-refractivity contribution in [3.63, 3.8) is 0 Å². The van der Waals surface area contributed by atoms with Gasteiger partial charge in [0.05, 0.1) is 0 Å². The molecule has 0 bridgehead atoms. The van der Waals surface area contributed by atoms with Gasteiger partial charge < -0.3 is 11.1 Å². The predicted molar refractivity (Wildman–Crippen MR) is 55.6 cm³/mol. The minimum atomic E-state index is -0.827. The number of nitrogens with one attached hydrogen (secondary N) is 1. The van der Waals surface area contributed by atoms with E-state index in [2.05, 4.69) is 5.32 Å². The molecule has 1 aromatic carbocycles. The van der Waals surface area contributed by atoms with Crippen LogP contribution in [0.25, 0.3) is 0 Å². The zero-order valence-corrected chi connectivity index (χ0v) is 8.61. The van der Waals surface area contributed by atoms with E-state index < -0.39 is 17.0 Å². The van der Waals surface area contributed by atoms with Crippen LogP contribution in [0.1, 0.15) is 18.9 Å². The van der Waals surface area contributed by atoms with Crippen molar-refractivity contribution in [3.8, 4) is 0 Å². The van der Waals surface area contributed by atoms with Crippen LogP contribution in [-0.4, -0.2) is 13.1 Å². The maximum Gasteiger partial charge on any atom is 0.164 e. The van der Waals surface area contributed by atoms with Crippen LogP contribution in [0.2, 0.25) is 0 Å². The van der Waals surface area contributed by atoms with E-state index in [1.165, 1.54) is 6.07 Å². The van der Waals surface area contributed by atoms with Crippen LogP contribution in [-0.2, 0) is 5.41 Å². The second-order valence-electron chi connectivity index (χ2n) is 4.31. The van der Waals surface area contributed by atoms with Gasteiger partial charge in [0.15, 0.2) is 11.6 Å². The molecule has 1 fully saturated rings. The summed E-state index contributed by atoms with van der Waals surface area (Å²) in [6, 6.07) is 2.50. The Morgan fingerprint density at radius 2 is 2.13 bits per heavy atom. The molecule has 1 saturated heterocycles. The Balaban J connectivity index is 2.55. The third-order valence-corrected chi connectivity index (χ3v) is 3.10. The number of nitrogens with two attached hydrogens (primary N) is 1. The second kappa shape index (κ2) is 3.45. The van der Waals surface area contributed by atoms with Gasteiger partial charge in [0.25, 0.3) is 0 Å². The second-order valence-corrected chi connectivity index (χ2v) is 4.31. The minimum absolute atomic E-state index is 0.313. The number of hydrogen-bond acceptors (Lipinski definition) is 2. The lowest BCUT2D eigenvalue weighted by molar-refractivity contribution is 0.447. The first-order valence-corrected chi connectivity index (χ1v) is 4.99. The molecular formula is C11H14F2N2. The van der Waals surface area contributed by atoms with Gasteiger partial charge in [0, 0.05) is 23.2 Å². The number of anilines is 1. The number of rotatable bonds is 1. The summed E-state index contributed by atoms with van der Waals surface area (Å²) in [6.07, 6.45) is 0.775. The lowest BCUT2D eigenvalue weighted by Crippen LogP contribution is -2.28. The topological polar surface area (TPSA) is 38.0 Å². The van der Waals surface area contributed by atoms with E-state index in [4.69, 9.17) is 5.73 Å². The van der Waals surface area contributed by atoms with E-state index in [1.54, 1.807) is 0 Å². The molecule has 1 aliphatic heterocycles. The van der Waals surface area contributed by atoms with Gasteiger partial charge in [0.1, 0.15) is 0 Å². The molecule has 15 heavy (non-hydrogen) atoms. The van der Waals surface area contributed by atoms with Crippen LogP contribution in [0.3, 0.4) is 0 Å². The Kier molecular flexibility index (Phi) is 2.38. The van der Waals surface area contributed by atoms with Crippen molar-refractivity contribution < 1.29 is 8.78 Å². The molecule has 82 valence electrons. The maximum absolute atomic E-state index is 13.7. The zero-order valence-electron chi connectivity index (χ0n) is 8.61. The van der Waals surface area contributed by atoms with E-state index >= 15 is 0 Å². The minimum Gasteiger partial charge on any atom is -0.398 e. The Morgan fingerprint density at radius 1 is 1.40 bits per heavy atom. The smallest absolute Gasteiger partial charge is 0.164 e. The molecule has 0 saturated carbocycles. The molecule has 1 aliphatic rings. The highest BCUT2D eigenvalue weighted by molar-refractivity contribution is 5.52. The van der Waals surface area contributed by atoms with Gasteiger partial charge in [0.2, 0.25) is 0 Å². The quantitative estimate of drug-likeness (QED) is 0.696. The van der Waals surface area contributed by atoms with Gasteiger partial charge in [-0.2, -0.15) is 0 Å². The van der Waals surface area contributed by atoms with Crippen LogP contribution < -0.4 is 11.1 Å². The molecule has 4 heteroatoms. The van der Waals surface area contributed by atoms with Crippen molar-refractivity contribution in [1.82, 2.24) is 5.32 Å². The highest BCUT2D eigenvalue weighted by Crippen LogP contribution is 2.36. The number of nitrogen functional groups attached to an aromatic ring is 1. The van der Waals surface area contributed by atoms with E-state index in [0.29, 0.717) is 17.8 Å². The molecule has 1 unspecified atom stereocenters. The Labute approximate surface area is 87.5 Å². The fourth-order valence-corrected chi connectivity index (χ4v) is 2.21. The summed E-state index contributed by atoms with van der Waals surface area (Å²) in [7, 11) is 0. The lowest BCUT2D eigenvalue weighted by Gasteiger charge is -2.25. The number of halogens is 2. The number of hydrogen-bond donors (Lipinski definition) is 2. The van der Waals surface area contributed by atoms with Crippen molar-refractivity contribution in [2.75, 3.05) is 18.8 Å². The summed E-state index contributed by atoms with van der Waals surface area (Å²) in [5.74, 6) is -1.63. The van der Waals surface area contributed by atoms with Crippen LogP contribution in [0.4, 0.5) is 14.5 Å². The normalized spacial score (nSPS) is 25.8. The first-order chi connectivity index (χ1) is 7.04. The molecule has 0 radical (unpaired) electrons.